The molecule has 0 unspecified atom stereocenters. The standard InChI is InChI=1S/C14H18N4/c1-18(10-8-12-5-3-2-4-6-12)14-13(11-15)7-9-16-17-14/h2-7,9H,8,10-11,15H2,1H3. The first kappa shape index (κ1) is 12.5. The molecule has 0 spiro atoms. The van der Waals surface area contributed by atoms with Gasteiger partial charge in [-0.15, -0.1) is 5.10 Å². The zero-order chi connectivity index (χ0) is 12.8. The van der Waals surface area contributed by atoms with Gasteiger partial charge in [0.1, 0.15) is 0 Å². The van der Waals surface area contributed by atoms with E-state index in [4.69, 9.17) is 5.73 Å². The van der Waals surface area contributed by atoms with Gasteiger partial charge in [0.05, 0.1) is 6.20 Å². The summed E-state index contributed by atoms with van der Waals surface area (Å²) in [5, 5.41) is 8.08. The Balaban J connectivity index is 2.01. The molecule has 0 aliphatic carbocycles. The Hall–Kier alpha value is -1.94. The normalized spacial score (nSPS) is 10.3. The third-order valence-corrected chi connectivity index (χ3v) is 2.94. The first-order valence-corrected chi connectivity index (χ1v) is 6.07. The lowest BCUT2D eigenvalue weighted by atomic mass is 10.1. The van der Waals surface area contributed by atoms with E-state index in [9.17, 15) is 0 Å². The molecule has 18 heavy (non-hydrogen) atoms. The Labute approximate surface area is 107 Å². The predicted octanol–water partition coefficient (Wildman–Crippen LogP) is 1.61. The lowest BCUT2D eigenvalue weighted by molar-refractivity contribution is 0.823. The number of nitrogens with zero attached hydrogens (tertiary/aromatic N) is 3. The minimum atomic E-state index is 0.487. The number of likely N-dealkylation sites (N-methyl/N-ethyl adjacent to an activating group) is 1. The van der Waals surface area contributed by atoms with Crippen LogP contribution in [0.15, 0.2) is 42.6 Å². The highest BCUT2D eigenvalue weighted by atomic mass is 15.2. The maximum absolute atomic E-state index is 5.70. The molecule has 2 rings (SSSR count). The second kappa shape index (κ2) is 6.12. The number of nitrogens with two attached hydrogens (primary N) is 1. The first-order valence-electron chi connectivity index (χ1n) is 6.07. The predicted molar refractivity (Wildman–Crippen MR) is 73.3 cm³/mol. The van der Waals surface area contributed by atoms with Crippen molar-refractivity contribution in [3.8, 4) is 0 Å². The summed E-state index contributed by atoms with van der Waals surface area (Å²) in [6, 6.07) is 12.3. The number of hydrogen-bond donors (Lipinski definition) is 1. The van der Waals surface area contributed by atoms with Gasteiger partial charge < -0.3 is 10.6 Å². The summed E-state index contributed by atoms with van der Waals surface area (Å²) in [5.74, 6) is 0.871. The molecule has 0 atom stereocenters. The number of benzene rings is 1. The summed E-state index contributed by atoms with van der Waals surface area (Å²) < 4.78 is 0. The Bertz CT molecular complexity index is 484. The van der Waals surface area contributed by atoms with Crippen LogP contribution in [0.2, 0.25) is 0 Å². The van der Waals surface area contributed by atoms with Crippen molar-refractivity contribution in [2.75, 3.05) is 18.5 Å². The molecule has 0 fully saturated rings. The van der Waals surface area contributed by atoms with Crippen LogP contribution in [0, 0.1) is 0 Å². The van der Waals surface area contributed by atoms with Crippen molar-refractivity contribution >= 4 is 5.82 Å². The Morgan fingerprint density at radius 1 is 1.17 bits per heavy atom. The average Bonchev–Trinajstić information content (AvgIpc) is 2.45. The fourth-order valence-electron chi connectivity index (χ4n) is 1.88. The molecule has 1 aromatic heterocycles. The van der Waals surface area contributed by atoms with Gasteiger partial charge in [-0.2, -0.15) is 5.10 Å². The van der Waals surface area contributed by atoms with Gasteiger partial charge in [0, 0.05) is 25.7 Å². The molecule has 0 saturated heterocycles. The van der Waals surface area contributed by atoms with Gasteiger partial charge in [-0.25, -0.2) is 0 Å². The molecule has 0 saturated carbocycles. The van der Waals surface area contributed by atoms with Crippen molar-refractivity contribution in [1.82, 2.24) is 10.2 Å². The summed E-state index contributed by atoms with van der Waals surface area (Å²) in [4.78, 5) is 2.10. The molecular formula is C14H18N4. The van der Waals surface area contributed by atoms with Crippen molar-refractivity contribution in [2.45, 2.75) is 13.0 Å². The smallest absolute Gasteiger partial charge is 0.155 e. The van der Waals surface area contributed by atoms with E-state index in [0.717, 1.165) is 24.3 Å². The molecule has 2 aromatic rings. The van der Waals surface area contributed by atoms with Crippen molar-refractivity contribution in [3.63, 3.8) is 0 Å². The Kier molecular flexibility index (Phi) is 4.25. The lowest BCUT2D eigenvalue weighted by Gasteiger charge is -2.19. The number of aromatic nitrogens is 2. The van der Waals surface area contributed by atoms with Gasteiger partial charge >= 0.3 is 0 Å². The van der Waals surface area contributed by atoms with Crippen molar-refractivity contribution < 1.29 is 0 Å². The van der Waals surface area contributed by atoms with Gasteiger partial charge in [0.25, 0.3) is 0 Å². The van der Waals surface area contributed by atoms with Crippen LogP contribution >= 0.6 is 0 Å². The van der Waals surface area contributed by atoms with Gasteiger partial charge in [0.15, 0.2) is 5.82 Å². The summed E-state index contributed by atoms with van der Waals surface area (Å²) in [7, 11) is 2.02. The molecule has 0 aliphatic heterocycles. The SMILES string of the molecule is CN(CCc1ccccc1)c1nnccc1CN. The van der Waals surface area contributed by atoms with Gasteiger partial charge in [-0.05, 0) is 18.1 Å². The van der Waals surface area contributed by atoms with E-state index in [2.05, 4.69) is 39.4 Å². The van der Waals surface area contributed by atoms with E-state index in [0.29, 0.717) is 6.54 Å². The molecule has 0 aliphatic rings. The van der Waals surface area contributed by atoms with Crippen LogP contribution in [-0.4, -0.2) is 23.8 Å². The van der Waals surface area contributed by atoms with E-state index in [-0.39, 0.29) is 0 Å². The molecule has 94 valence electrons. The fraction of sp³-hybridized carbons (Fsp3) is 0.286. The number of anilines is 1. The van der Waals surface area contributed by atoms with E-state index in [1.165, 1.54) is 5.56 Å². The molecule has 0 radical (unpaired) electrons. The number of hydrogen-bond acceptors (Lipinski definition) is 4. The van der Waals surface area contributed by atoms with Gasteiger partial charge in [-0.1, -0.05) is 30.3 Å². The summed E-state index contributed by atoms with van der Waals surface area (Å²) in [5.41, 5.74) is 8.05. The van der Waals surface area contributed by atoms with Crippen LogP contribution in [0.5, 0.6) is 0 Å². The molecule has 1 aromatic carbocycles. The molecule has 4 nitrogen and oxygen atoms in total. The molecule has 1 heterocycles. The van der Waals surface area contributed by atoms with Crippen LogP contribution in [0.25, 0.3) is 0 Å². The fourth-order valence-corrected chi connectivity index (χ4v) is 1.88. The highest BCUT2D eigenvalue weighted by molar-refractivity contribution is 5.44. The average molecular weight is 242 g/mol. The zero-order valence-corrected chi connectivity index (χ0v) is 10.6. The minimum Gasteiger partial charge on any atom is -0.358 e. The van der Waals surface area contributed by atoms with Crippen LogP contribution < -0.4 is 10.6 Å². The molecule has 2 N–H and O–H groups in total. The second-order valence-corrected chi connectivity index (χ2v) is 4.24. The monoisotopic (exact) mass is 242 g/mol. The summed E-state index contributed by atoms with van der Waals surface area (Å²) >= 11 is 0. The van der Waals surface area contributed by atoms with Crippen LogP contribution in [0.1, 0.15) is 11.1 Å². The molecular weight excluding hydrogens is 224 g/mol. The quantitative estimate of drug-likeness (QED) is 0.865. The van der Waals surface area contributed by atoms with Crippen LogP contribution in [0.4, 0.5) is 5.82 Å². The molecule has 0 amide bonds. The molecule has 4 heteroatoms. The van der Waals surface area contributed by atoms with Crippen molar-refractivity contribution in [1.29, 1.82) is 0 Å². The third kappa shape index (κ3) is 3.05. The summed E-state index contributed by atoms with van der Waals surface area (Å²) in [6.07, 6.45) is 2.66. The summed E-state index contributed by atoms with van der Waals surface area (Å²) in [6.45, 7) is 1.39. The van der Waals surface area contributed by atoms with Crippen LogP contribution in [0.3, 0.4) is 0 Å². The Morgan fingerprint density at radius 3 is 2.67 bits per heavy atom. The van der Waals surface area contributed by atoms with Gasteiger partial charge in [0.2, 0.25) is 0 Å². The topological polar surface area (TPSA) is 55.0 Å². The maximum atomic E-state index is 5.70. The molecule has 0 bridgehead atoms. The van der Waals surface area contributed by atoms with E-state index >= 15 is 0 Å². The first-order chi connectivity index (χ1) is 8.81. The highest BCUT2D eigenvalue weighted by Crippen LogP contribution is 2.14. The largest absolute Gasteiger partial charge is 0.358 e. The van der Waals surface area contributed by atoms with E-state index < -0.39 is 0 Å². The van der Waals surface area contributed by atoms with E-state index in [1.807, 2.05) is 19.2 Å². The van der Waals surface area contributed by atoms with Gasteiger partial charge in [-0.3, -0.25) is 0 Å². The number of rotatable bonds is 5. The highest BCUT2D eigenvalue weighted by Gasteiger charge is 2.08. The minimum absolute atomic E-state index is 0.487. The lowest BCUT2D eigenvalue weighted by Crippen LogP contribution is -2.23. The van der Waals surface area contributed by atoms with Crippen molar-refractivity contribution in [3.05, 3.63) is 53.7 Å². The zero-order valence-electron chi connectivity index (χ0n) is 10.6. The second-order valence-electron chi connectivity index (χ2n) is 4.24. The van der Waals surface area contributed by atoms with E-state index in [1.54, 1.807) is 6.20 Å². The van der Waals surface area contributed by atoms with Crippen LogP contribution in [-0.2, 0) is 13.0 Å². The maximum Gasteiger partial charge on any atom is 0.155 e. The Morgan fingerprint density at radius 2 is 1.94 bits per heavy atom. The third-order valence-electron chi connectivity index (χ3n) is 2.94. The van der Waals surface area contributed by atoms with Crippen molar-refractivity contribution in [2.24, 2.45) is 5.73 Å².